The van der Waals surface area contributed by atoms with Gasteiger partial charge in [-0.3, -0.25) is 9.59 Å². The molecule has 0 saturated heterocycles. The summed E-state index contributed by atoms with van der Waals surface area (Å²) in [4.78, 5) is 26.8. The number of nitrogens with one attached hydrogen (secondary N) is 1. The van der Waals surface area contributed by atoms with Crippen LogP contribution in [0.3, 0.4) is 0 Å². The summed E-state index contributed by atoms with van der Waals surface area (Å²) in [5.41, 5.74) is 1.44. The monoisotopic (exact) mass is 436 g/mol. The number of hydrogen-bond donors (Lipinski definition) is 1. The van der Waals surface area contributed by atoms with Gasteiger partial charge in [-0.05, 0) is 37.1 Å². The Morgan fingerprint density at radius 3 is 2.52 bits per heavy atom. The second kappa shape index (κ2) is 11.8. The quantitative estimate of drug-likeness (QED) is 0.589. The Hall–Kier alpha value is -2.05. The van der Waals surface area contributed by atoms with Crippen molar-refractivity contribution in [1.82, 2.24) is 10.2 Å². The summed E-state index contributed by atoms with van der Waals surface area (Å²) in [6, 6.07) is 13.1. The van der Waals surface area contributed by atoms with Gasteiger partial charge in [0.15, 0.2) is 0 Å². The third-order valence-corrected chi connectivity index (χ3v) is 5.66. The number of amides is 2. The van der Waals surface area contributed by atoms with Crippen molar-refractivity contribution in [3.63, 3.8) is 0 Å². The molecule has 29 heavy (non-hydrogen) atoms. The van der Waals surface area contributed by atoms with Crippen molar-refractivity contribution in [1.29, 1.82) is 0 Å². The standard InChI is InChI=1S/C22H26ClFN2O2S/c1-3-12-25-22(28)16(2)26(13-18-6-4-5-7-20(18)24)21(27)15-29-14-17-8-10-19(23)11-9-17/h4-11,16H,3,12-15H2,1-2H3,(H,25,28). The van der Waals surface area contributed by atoms with Crippen LogP contribution in [0.1, 0.15) is 31.4 Å². The predicted octanol–water partition coefficient (Wildman–Crippen LogP) is 4.66. The van der Waals surface area contributed by atoms with Crippen molar-refractivity contribution >= 4 is 35.2 Å². The molecule has 156 valence electrons. The van der Waals surface area contributed by atoms with E-state index in [1.54, 1.807) is 25.1 Å². The van der Waals surface area contributed by atoms with Crippen molar-refractivity contribution in [3.8, 4) is 0 Å². The molecule has 0 saturated carbocycles. The Bertz CT molecular complexity index is 817. The molecule has 0 bridgehead atoms. The van der Waals surface area contributed by atoms with Crippen LogP contribution in [0.15, 0.2) is 48.5 Å². The minimum atomic E-state index is -0.690. The number of nitrogens with zero attached hydrogens (tertiary/aromatic N) is 1. The summed E-state index contributed by atoms with van der Waals surface area (Å²) >= 11 is 7.34. The van der Waals surface area contributed by atoms with Gasteiger partial charge in [0.2, 0.25) is 11.8 Å². The van der Waals surface area contributed by atoms with Gasteiger partial charge in [-0.1, -0.05) is 48.9 Å². The third-order valence-electron chi connectivity index (χ3n) is 4.42. The first-order chi connectivity index (χ1) is 13.9. The summed E-state index contributed by atoms with van der Waals surface area (Å²) < 4.78 is 14.1. The van der Waals surface area contributed by atoms with Crippen LogP contribution >= 0.6 is 23.4 Å². The molecule has 4 nitrogen and oxygen atoms in total. The Kier molecular flexibility index (Phi) is 9.48. The van der Waals surface area contributed by atoms with E-state index in [1.807, 2.05) is 31.2 Å². The molecule has 0 aliphatic carbocycles. The Morgan fingerprint density at radius 1 is 1.17 bits per heavy atom. The van der Waals surface area contributed by atoms with Gasteiger partial charge in [0.25, 0.3) is 0 Å². The van der Waals surface area contributed by atoms with Crippen molar-refractivity contribution in [2.75, 3.05) is 12.3 Å². The van der Waals surface area contributed by atoms with Gasteiger partial charge in [-0.15, -0.1) is 11.8 Å². The summed E-state index contributed by atoms with van der Waals surface area (Å²) in [6.07, 6.45) is 0.802. The van der Waals surface area contributed by atoms with Crippen LogP contribution in [0, 0.1) is 5.82 Å². The van der Waals surface area contributed by atoms with Crippen LogP contribution in [-0.2, 0) is 21.9 Å². The van der Waals surface area contributed by atoms with E-state index in [0.29, 0.717) is 22.9 Å². The van der Waals surface area contributed by atoms with Crippen LogP contribution < -0.4 is 5.32 Å². The highest BCUT2D eigenvalue weighted by molar-refractivity contribution is 7.99. The molecule has 0 aromatic heterocycles. The molecule has 0 spiro atoms. The van der Waals surface area contributed by atoms with Crippen molar-refractivity contribution in [2.45, 2.75) is 38.6 Å². The summed E-state index contributed by atoms with van der Waals surface area (Å²) in [7, 11) is 0. The van der Waals surface area contributed by atoms with Crippen molar-refractivity contribution in [3.05, 3.63) is 70.5 Å². The van der Waals surface area contributed by atoms with Crippen LogP contribution in [-0.4, -0.2) is 35.1 Å². The smallest absolute Gasteiger partial charge is 0.242 e. The highest BCUT2D eigenvalue weighted by atomic mass is 35.5. The molecule has 2 aromatic carbocycles. The summed E-state index contributed by atoms with van der Waals surface area (Å²) in [5, 5.41) is 3.47. The molecule has 0 fully saturated rings. The molecule has 2 rings (SSSR count). The number of hydrogen-bond acceptors (Lipinski definition) is 3. The van der Waals surface area contributed by atoms with E-state index < -0.39 is 6.04 Å². The molecule has 0 aliphatic rings. The van der Waals surface area contributed by atoms with E-state index >= 15 is 0 Å². The molecular weight excluding hydrogens is 411 g/mol. The molecule has 1 unspecified atom stereocenters. The minimum absolute atomic E-state index is 0.0493. The first-order valence-corrected chi connectivity index (χ1v) is 11.1. The molecule has 1 atom stereocenters. The average molecular weight is 437 g/mol. The molecule has 0 heterocycles. The SMILES string of the molecule is CCCNC(=O)C(C)N(Cc1ccccc1F)C(=O)CSCc1ccc(Cl)cc1. The maximum atomic E-state index is 14.1. The first-order valence-electron chi connectivity index (χ1n) is 9.55. The summed E-state index contributed by atoms with van der Waals surface area (Å²) in [6.45, 7) is 4.22. The lowest BCUT2D eigenvalue weighted by Crippen LogP contribution is -2.48. The zero-order valence-electron chi connectivity index (χ0n) is 16.7. The zero-order valence-corrected chi connectivity index (χ0v) is 18.2. The number of halogens is 2. The zero-order chi connectivity index (χ0) is 21.2. The Balaban J connectivity index is 2.05. The highest BCUT2D eigenvalue weighted by Crippen LogP contribution is 2.18. The Labute approximate surface area is 180 Å². The van der Waals surface area contributed by atoms with E-state index in [0.717, 1.165) is 12.0 Å². The molecule has 1 N–H and O–H groups in total. The van der Waals surface area contributed by atoms with E-state index in [9.17, 15) is 14.0 Å². The maximum absolute atomic E-state index is 14.1. The van der Waals surface area contributed by atoms with Crippen LogP contribution in [0.4, 0.5) is 4.39 Å². The van der Waals surface area contributed by atoms with Gasteiger partial charge in [0.1, 0.15) is 11.9 Å². The Morgan fingerprint density at radius 2 is 1.86 bits per heavy atom. The van der Waals surface area contributed by atoms with Gasteiger partial charge in [-0.25, -0.2) is 4.39 Å². The lowest BCUT2D eigenvalue weighted by molar-refractivity contribution is -0.138. The van der Waals surface area contributed by atoms with Gasteiger partial charge in [-0.2, -0.15) is 0 Å². The van der Waals surface area contributed by atoms with Crippen LogP contribution in [0.5, 0.6) is 0 Å². The molecule has 0 aliphatic heterocycles. The first kappa shape index (κ1) is 23.2. The van der Waals surface area contributed by atoms with Crippen LogP contribution in [0.25, 0.3) is 0 Å². The molecule has 0 radical (unpaired) electrons. The van der Waals surface area contributed by atoms with Gasteiger partial charge in [0, 0.05) is 29.4 Å². The largest absolute Gasteiger partial charge is 0.354 e. The highest BCUT2D eigenvalue weighted by Gasteiger charge is 2.26. The van der Waals surface area contributed by atoms with E-state index in [-0.39, 0.29) is 29.9 Å². The van der Waals surface area contributed by atoms with E-state index in [4.69, 9.17) is 11.6 Å². The van der Waals surface area contributed by atoms with Crippen molar-refractivity contribution in [2.24, 2.45) is 0 Å². The van der Waals surface area contributed by atoms with Crippen LogP contribution in [0.2, 0.25) is 5.02 Å². The fraction of sp³-hybridized carbons (Fsp3) is 0.364. The summed E-state index contributed by atoms with van der Waals surface area (Å²) in [5.74, 6) is 0.0147. The second-order valence-corrected chi connectivity index (χ2v) is 8.12. The molecule has 2 amide bonds. The fourth-order valence-electron chi connectivity index (χ4n) is 2.71. The average Bonchev–Trinajstić information content (AvgIpc) is 2.72. The molecule has 2 aromatic rings. The lowest BCUT2D eigenvalue weighted by Gasteiger charge is -2.29. The van der Waals surface area contributed by atoms with Crippen molar-refractivity contribution < 1.29 is 14.0 Å². The van der Waals surface area contributed by atoms with E-state index in [1.165, 1.54) is 22.7 Å². The normalized spacial score (nSPS) is 11.7. The van der Waals surface area contributed by atoms with E-state index in [2.05, 4.69) is 5.32 Å². The number of carbonyl (C=O) groups excluding carboxylic acids is 2. The lowest BCUT2D eigenvalue weighted by atomic mass is 10.1. The number of rotatable bonds is 10. The third kappa shape index (κ3) is 7.37. The van der Waals surface area contributed by atoms with Gasteiger partial charge >= 0.3 is 0 Å². The molecule has 7 heteroatoms. The molecular formula is C22H26ClFN2O2S. The topological polar surface area (TPSA) is 49.4 Å². The maximum Gasteiger partial charge on any atom is 0.242 e. The predicted molar refractivity (Wildman–Crippen MR) is 117 cm³/mol. The van der Waals surface area contributed by atoms with Gasteiger partial charge < -0.3 is 10.2 Å². The minimum Gasteiger partial charge on any atom is -0.354 e. The number of thioether (sulfide) groups is 1. The fourth-order valence-corrected chi connectivity index (χ4v) is 3.71. The second-order valence-electron chi connectivity index (χ2n) is 6.70. The van der Waals surface area contributed by atoms with Gasteiger partial charge in [0.05, 0.1) is 5.75 Å². The number of carbonyl (C=O) groups is 2. The number of benzene rings is 2.